The molecule has 0 radical (unpaired) electrons. The Kier molecular flexibility index (Phi) is 2.84. The van der Waals surface area contributed by atoms with Crippen LogP contribution < -0.4 is 0 Å². The Bertz CT molecular complexity index is 377. The van der Waals surface area contributed by atoms with Crippen molar-refractivity contribution in [2.24, 2.45) is 4.99 Å². The lowest BCUT2D eigenvalue weighted by atomic mass is 10.1. The van der Waals surface area contributed by atoms with Gasteiger partial charge in [-0.3, -0.25) is 9.59 Å². The Morgan fingerprint density at radius 1 is 1.15 bits per heavy atom. The number of hydrogen-bond donors (Lipinski definition) is 0. The van der Waals surface area contributed by atoms with Gasteiger partial charge in [0.15, 0.2) is 0 Å². The molecular formula is C9H5NO3. The van der Waals surface area contributed by atoms with E-state index in [2.05, 4.69) is 4.99 Å². The SMILES string of the molecule is O=C=NC(=O)C(=O)c1ccccc1. The maximum absolute atomic E-state index is 11.1. The van der Waals surface area contributed by atoms with Gasteiger partial charge in [0.05, 0.1) is 0 Å². The number of aliphatic imine (C=N–C) groups is 1. The maximum atomic E-state index is 11.1. The second-order valence-corrected chi connectivity index (χ2v) is 2.20. The normalized spacial score (nSPS) is 8.62. The van der Waals surface area contributed by atoms with Crippen LogP contribution in [0.3, 0.4) is 0 Å². The summed E-state index contributed by atoms with van der Waals surface area (Å²) in [5.41, 5.74) is 0.214. The smallest absolute Gasteiger partial charge is 0.283 e. The molecule has 0 aromatic heterocycles. The second kappa shape index (κ2) is 4.09. The van der Waals surface area contributed by atoms with Gasteiger partial charge in [0.25, 0.3) is 5.78 Å². The molecule has 0 spiro atoms. The summed E-state index contributed by atoms with van der Waals surface area (Å²) < 4.78 is 0. The van der Waals surface area contributed by atoms with Crippen LogP contribution in [0.25, 0.3) is 0 Å². The molecule has 1 aromatic carbocycles. The quantitative estimate of drug-likeness (QED) is 0.288. The monoisotopic (exact) mass is 175 g/mol. The molecule has 4 nitrogen and oxygen atoms in total. The molecule has 0 bridgehead atoms. The van der Waals surface area contributed by atoms with Gasteiger partial charge < -0.3 is 0 Å². The van der Waals surface area contributed by atoms with E-state index < -0.39 is 11.7 Å². The van der Waals surface area contributed by atoms with Crippen LogP contribution in [0.15, 0.2) is 35.3 Å². The van der Waals surface area contributed by atoms with Gasteiger partial charge in [-0.25, -0.2) is 4.79 Å². The lowest BCUT2D eigenvalue weighted by Gasteiger charge is -1.92. The minimum Gasteiger partial charge on any atom is -0.283 e. The lowest BCUT2D eigenvalue weighted by molar-refractivity contribution is -0.113. The highest BCUT2D eigenvalue weighted by Crippen LogP contribution is 2.00. The van der Waals surface area contributed by atoms with Gasteiger partial charge in [-0.05, 0) is 0 Å². The van der Waals surface area contributed by atoms with Gasteiger partial charge in [-0.15, -0.1) is 4.99 Å². The van der Waals surface area contributed by atoms with Crippen LogP contribution in [-0.4, -0.2) is 17.8 Å². The molecule has 13 heavy (non-hydrogen) atoms. The topological polar surface area (TPSA) is 63.6 Å². The van der Waals surface area contributed by atoms with Crippen molar-refractivity contribution in [2.75, 3.05) is 0 Å². The van der Waals surface area contributed by atoms with E-state index in [0.29, 0.717) is 0 Å². The Hall–Kier alpha value is -2.06. The van der Waals surface area contributed by atoms with Crippen LogP contribution in [0.4, 0.5) is 0 Å². The van der Waals surface area contributed by atoms with Crippen LogP contribution in [0.5, 0.6) is 0 Å². The van der Waals surface area contributed by atoms with Crippen LogP contribution in [0.1, 0.15) is 10.4 Å². The van der Waals surface area contributed by atoms with Gasteiger partial charge >= 0.3 is 5.91 Å². The van der Waals surface area contributed by atoms with E-state index >= 15 is 0 Å². The molecule has 64 valence electrons. The van der Waals surface area contributed by atoms with E-state index in [1.165, 1.54) is 12.1 Å². The molecule has 0 heterocycles. The van der Waals surface area contributed by atoms with Crippen LogP contribution in [0.2, 0.25) is 0 Å². The minimum absolute atomic E-state index is 0.214. The third-order valence-electron chi connectivity index (χ3n) is 1.38. The van der Waals surface area contributed by atoms with Crippen LogP contribution in [0, 0.1) is 0 Å². The number of isocyanates is 1. The number of carbonyl (C=O) groups is 2. The fraction of sp³-hybridized carbons (Fsp3) is 0. The molecule has 4 heteroatoms. The third-order valence-corrected chi connectivity index (χ3v) is 1.38. The van der Waals surface area contributed by atoms with E-state index in [-0.39, 0.29) is 5.56 Å². The molecule has 0 aliphatic heterocycles. The van der Waals surface area contributed by atoms with Gasteiger partial charge in [-0.1, -0.05) is 30.3 Å². The van der Waals surface area contributed by atoms with E-state index in [0.717, 1.165) is 6.08 Å². The molecule has 1 amide bonds. The Balaban J connectivity index is 2.92. The first kappa shape index (κ1) is 9.03. The Labute approximate surface area is 73.9 Å². The summed E-state index contributed by atoms with van der Waals surface area (Å²) in [6.07, 6.45) is 1.02. The molecule has 1 rings (SSSR count). The van der Waals surface area contributed by atoms with Crippen LogP contribution >= 0.6 is 0 Å². The van der Waals surface area contributed by atoms with Crippen molar-refractivity contribution in [3.05, 3.63) is 35.9 Å². The van der Waals surface area contributed by atoms with E-state index in [1.807, 2.05) is 0 Å². The van der Waals surface area contributed by atoms with E-state index in [4.69, 9.17) is 0 Å². The number of nitrogens with zero attached hydrogens (tertiary/aromatic N) is 1. The number of carbonyl (C=O) groups excluding carboxylic acids is 3. The van der Waals surface area contributed by atoms with Gasteiger partial charge in [0, 0.05) is 5.56 Å². The summed E-state index contributed by atoms with van der Waals surface area (Å²) in [7, 11) is 0. The highest BCUT2D eigenvalue weighted by atomic mass is 16.2. The standard InChI is InChI=1S/C9H5NO3/c11-6-10-9(13)8(12)7-4-2-1-3-5-7/h1-5H. The molecule has 0 saturated carbocycles. The molecule has 0 aliphatic carbocycles. The summed E-state index contributed by atoms with van der Waals surface area (Å²) in [6.45, 7) is 0. The highest BCUT2D eigenvalue weighted by molar-refractivity contribution is 6.43. The summed E-state index contributed by atoms with van der Waals surface area (Å²) in [5, 5.41) is 0. The van der Waals surface area contributed by atoms with Crippen molar-refractivity contribution in [2.45, 2.75) is 0 Å². The zero-order valence-corrected chi connectivity index (χ0v) is 6.56. The molecule has 0 N–H and O–H groups in total. The lowest BCUT2D eigenvalue weighted by Crippen LogP contribution is -2.10. The number of Topliss-reactive ketones (excluding diaryl/α,β-unsaturated/α-hetero) is 1. The predicted molar refractivity (Wildman–Crippen MR) is 43.9 cm³/mol. The molecule has 0 fully saturated rings. The second-order valence-electron chi connectivity index (χ2n) is 2.20. The summed E-state index contributed by atoms with van der Waals surface area (Å²) in [5.74, 6) is -1.90. The van der Waals surface area contributed by atoms with E-state index in [9.17, 15) is 14.4 Å². The number of ketones is 1. The fourth-order valence-electron chi connectivity index (χ4n) is 0.805. The minimum atomic E-state index is -1.10. The number of amides is 1. The first-order valence-corrected chi connectivity index (χ1v) is 3.47. The highest BCUT2D eigenvalue weighted by Gasteiger charge is 2.13. The molecular weight excluding hydrogens is 170 g/mol. The van der Waals surface area contributed by atoms with Crippen molar-refractivity contribution in [3.63, 3.8) is 0 Å². The van der Waals surface area contributed by atoms with Crippen LogP contribution in [-0.2, 0) is 9.59 Å². The maximum Gasteiger partial charge on any atom is 0.328 e. The molecule has 0 atom stereocenters. The summed E-state index contributed by atoms with van der Waals surface area (Å²) in [4.78, 5) is 34.3. The van der Waals surface area contributed by atoms with Gasteiger partial charge in [0.2, 0.25) is 6.08 Å². The zero-order chi connectivity index (χ0) is 9.68. The molecule has 0 aliphatic rings. The molecule has 0 saturated heterocycles. The van der Waals surface area contributed by atoms with Gasteiger partial charge in [0.1, 0.15) is 0 Å². The number of rotatable bonds is 2. The Morgan fingerprint density at radius 3 is 2.31 bits per heavy atom. The van der Waals surface area contributed by atoms with Crippen molar-refractivity contribution >= 4 is 17.8 Å². The molecule has 0 unspecified atom stereocenters. The largest absolute Gasteiger partial charge is 0.328 e. The van der Waals surface area contributed by atoms with Crippen molar-refractivity contribution in [3.8, 4) is 0 Å². The molecule has 1 aromatic rings. The first-order valence-electron chi connectivity index (χ1n) is 3.47. The summed E-state index contributed by atoms with van der Waals surface area (Å²) >= 11 is 0. The summed E-state index contributed by atoms with van der Waals surface area (Å²) in [6, 6.07) is 7.89. The Morgan fingerprint density at radius 2 is 1.77 bits per heavy atom. The van der Waals surface area contributed by atoms with Gasteiger partial charge in [-0.2, -0.15) is 0 Å². The predicted octanol–water partition coefficient (Wildman–Crippen LogP) is 0.732. The zero-order valence-electron chi connectivity index (χ0n) is 6.56. The van der Waals surface area contributed by atoms with Crippen molar-refractivity contribution in [1.82, 2.24) is 0 Å². The number of hydrogen-bond acceptors (Lipinski definition) is 3. The average molecular weight is 175 g/mol. The van der Waals surface area contributed by atoms with Crippen molar-refractivity contribution in [1.29, 1.82) is 0 Å². The van der Waals surface area contributed by atoms with Crippen molar-refractivity contribution < 1.29 is 14.4 Å². The third kappa shape index (κ3) is 2.18. The number of benzene rings is 1. The average Bonchev–Trinajstić information content (AvgIpc) is 2.18. The first-order chi connectivity index (χ1) is 6.25. The fourth-order valence-corrected chi connectivity index (χ4v) is 0.805. The van der Waals surface area contributed by atoms with E-state index in [1.54, 1.807) is 18.2 Å².